The molecule has 0 saturated carbocycles. The van der Waals surface area contributed by atoms with Crippen LogP contribution in [0.1, 0.15) is 85.4 Å². The van der Waals surface area contributed by atoms with E-state index in [0.29, 0.717) is 0 Å². The molecule has 0 aliphatic heterocycles. The van der Waals surface area contributed by atoms with E-state index in [2.05, 4.69) is 141 Å². The van der Waals surface area contributed by atoms with E-state index >= 15 is 0 Å². The van der Waals surface area contributed by atoms with Crippen LogP contribution in [-0.2, 0) is 30.3 Å². The molecule has 4 aromatic carbocycles. The maximum atomic E-state index is 11.7. The molecule has 0 unspecified atom stereocenters. The van der Waals surface area contributed by atoms with Crippen LogP contribution >= 0.6 is 0 Å². The number of benzene rings is 4. The minimum Gasteiger partial charge on any atom is 0 e. The van der Waals surface area contributed by atoms with Crippen LogP contribution in [0.3, 0.4) is 0 Å². The molecule has 0 spiro atoms. The molecule has 1 aromatic heterocycles. The maximum Gasteiger partial charge on any atom is 0 e. The first-order valence-corrected chi connectivity index (χ1v) is 22.9. The second kappa shape index (κ2) is 19.5. The summed E-state index contributed by atoms with van der Waals surface area (Å²) >= 11 is -2.55. The van der Waals surface area contributed by atoms with Gasteiger partial charge in [-0.15, -0.1) is 0 Å². The summed E-state index contributed by atoms with van der Waals surface area (Å²) in [5.41, 5.74) is 4.28. The Morgan fingerprint density at radius 1 is 0.780 bits per heavy atom. The summed E-state index contributed by atoms with van der Waals surface area (Å²) in [6.07, 6.45) is 4.91. The summed E-state index contributed by atoms with van der Waals surface area (Å²) in [4.78, 5) is 11.7. The number of aliphatic hydroxyl groups is 1. The quantitative estimate of drug-likeness (QED) is 0.0622. The summed E-state index contributed by atoms with van der Waals surface area (Å²) in [7, 11) is 0. The van der Waals surface area contributed by atoms with Crippen LogP contribution in [-0.4, -0.2) is 42.8 Å². The Labute approximate surface area is 321 Å². The third-order valence-electron chi connectivity index (χ3n) is 9.16. The number of hydrogen-bond acceptors (Lipinski definition) is 4. The van der Waals surface area contributed by atoms with E-state index in [9.17, 15) is 9.90 Å². The number of carbonyl (C=O) groups is 1. The van der Waals surface area contributed by atoms with Crippen LogP contribution in [0.5, 0.6) is 0 Å². The van der Waals surface area contributed by atoms with Crippen molar-refractivity contribution in [3.63, 3.8) is 0 Å². The minimum atomic E-state index is -2.55. The molecule has 1 N–H and O–H groups in total. The van der Waals surface area contributed by atoms with Crippen LogP contribution in [0, 0.1) is 24.8 Å². The van der Waals surface area contributed by atoms with E-state index in [0.717, 1.165) is 48.0 Å². The number of rotatable bonds is 11. The summed E-state index contributed by atoms with van der Waals surface area (Å²) in [5, 5.41) is 21.5. The van der Waals surface area contributed by atoms with Crippen molar-refractivity contribution in [2.75, 3.05) is 0 Å². The summed E-state index contributed by atoms with van der Waals surface area (Å²) in [6.45, 7) is 17.0. The monoisotopic (exact) mass is 1040 g/mol. The van der Waals surface area contributed by atoms with E-state index in [-0.39, 0.29) is 48.9 Å². The Morgan fingerprint density at radius 2 is 1.30 bits per heavy atom. The zero-order chi connectivity index (χ0) is 35.6. The zero-order valence-corrected chi connectivity index (χ0v) is 36.7. The van der Waals surface area contributed by atoms with Gasteiger partial charge in [-0.25, -0.2) is 0 Å². The topological polar surface area (TPSA) is 63.1 Å². The van der Waals surface area contributed by atoms with Gasteiger partial charge in [0, 0.05) is 38.0 Å². The van der Waals surface area contributed by atoms with Gasteiger partial charge >= 0.3 is 211 Å². The van der Waals surface area contributed by atoms with Crippen LogP contribution in [0.25, 0.3) is 22.0 Å². The number of allylic oxidation sites excluding steroid dienone is 2. The van der Waals surface area contributed by atoms with Crippen molar-refractivity contribution >= 4 is 48.1 Å². The minimum absolute atomic E-state index is 0. The van der Waals surface area contributed by atoms with Gasteiger partial charge in [-0.2, -0.15) is 0 Å². The van der Waals surface area contributed by atoms with Gasteiger partial charge in [0.05, 0.1) is 5.76 Å². The van der Waals surface area contributed by atoms with Crippen molar-refractivity contribution in [3.8, 4) is 11.3 Å². The fraction of sp³-hybridized carbons (Fsp3) is 0.341. The Morgan fingerprint density at radius 3 is 1.82 bits per heavy atom. The molecule has 1 radical (unpaired) electrons. The van der Waals surface area contributed by atoms with E-state index < -0.39 is 21.8 Å². The second-order valence-corrected chi connectivity index (χ2v) is 22.1. The molecular formula is C44H52BiIrN2O2-. The normalized spacial score (nSPS) is 11.8. The number of hydrogen-bond donors (Lipinski definition) is 1. The standard InChI is InChI=1S/C19H18N2.C13H24O2.2C6H5.Bi.Ir/c1-13-9-10-18(21-20-13)15-11-14-7-5-6-8-16(14)17(12-15)19(2,3)4;1-5-10(6-2)12(14)9-13(15)11(7-3)8-4;2*1-2-4-6-5-3-1;;/h5-8,10,12H,1-4H3;9-11,14H,5-8H2,1-4H3;2*1-5H;;/q-1;;;;;/b;12-9-;;;;. The SMILES string of the molecule is CCC(CC)C(=O)/C=C(\O)C(CC)CC.Cc1nnc(-c2[c-]c3ccccc3c(C(C)(C)C)c2)c[c]1[Bi]([c]1ccccc1)[c]1ccccc1.[Ir]. The molecule has 6 heteroatoms. The summed E-state index contributed by atoms with van der Waals surface area (Å²) in [5.74, 6) is 0.547. The predicted molar refractivity (Wildman–Crippen MR) is 209 cm³/mol. The van der Waals surface area contributed by atoms with Crippen LogP contribution in [0.4, 0.5) is 0 Å². The number of fused-ring (bicyclic) bond motifs is 1. The van der Waals surface area contributed by atoms with Crippen molar-refractivity contribution in [1.82, 2.24) is 10.2 Å². The Balaban J connectivity index is 0.000000361. The van der Waals surface area contributed by atoms with Gasteiger partial charge in [0.15, 0.2) is 5.78 Å². The van der Waals surface area contributed by atoms with E-state index in [1.807, 2.05) is 27.7 Å². The smallest absolute Gasteiger partial charge is 0 e. The van der Waals surface area contributed by atoms with Crippen molar-refractivity contribution in [2.24, 2.45) is 11.8 Å². The van der Waals surface area contributed by atoms with Gasteiger partial charge in [0.25, 0.3) is 0 Å². The number of aryl methyl sites for hydroxylation is 1. The fourth-order valence-electron chi connectivity index (χ4n) is 6.15. The molecule has 0 aliphatic carbocycles. The van der Waals surface area contributed by atoms with Gasteiger partial charge < -0.3 is 5.11 Å². The first-order chi connectivity index (χ1) is 23.5. The molecule has 0 amide bonds. The molecule has 265 valence electrons. The van der Waals surface area contributed by atoms with E-state index in [1.165, 1.54) is 26.8 Å². The molecule has 0 atom stereocenters. The number of aliphatic hydroxyl groups excluding tert-OH is 1. The van der Waals surface area contributed by atoms with E-state index in [1.54, 1.807) is 0 Å². The van der Waals surface area contributed by atoms with Crippen molar-refractivity contribution in [2.45, 2.75) is 86.5 Å². The molecule has 0 fully saturated rings. The molecule has 0 saturated heterocycles. The molecule has 50 heavy (non-hydrogen) atoms. The Hall–Kier alpha value is -3.04. The van der Waals surface area contributed by atoms with Gasteiger partial charge in [0.2, 0.25) is 0 Å². The van der Waals surface area contributed by atoms with Gasteiger partial charge in [-0.1, -0.05) is 27.7 Å². The largest absolute Gasteiger partial charge is 0 e. The summed E-state index contributed by atoms with van der Waals surface area (Å²) in [6, 6.07) is 38.7. The van der Waals surface area contributed by atoms with Crippen molar-refractivity contribution in [3.05, 3.63) is 126 Å². The van der Waals surface area contributed by atoms with E-state index in [4.69, 9.17) is 0 Å². The molecule has 5 aromatic rings. The maximum absolute atomic E-state index is 11.7. The third-order valence-corrected chi connectivity index (χ3v) is 19.1. The molecule has 0 bridgehead atoms. The first-order valence-electron chi connectivity index (χ1n) is 17.7. The first kappa shape index (κ1) is 41.4. The molecular weight excluding hydrogens is 990 g/mol. The number of nitrogens with zero attached hydrogens (tertiary/aromatic N) is 2. The average Bonchev–Trinajstić information content (AvgIpc) is 3.10. The molecule has 5 rings (SSSR count). The average molecular weight is 1040 g/mol. The van der Waals surface area contributed by atoms with Gasteiger partial charge in [-0.3, -0.25) is 4.79 Å². The molecule has 0 aliphatic rings. The van der Waals surface area contributed by atoms with Crippen LogP contribution in [0.15, 0.2) is 109 Å². The van der Waals surface area contributed by atoms with Crippen LogP contribution < -0.4 is 9.81 Å². The molecule has 4 nitrogen and oxygen atoms in total. The third kappa shape index (κ3) is 10.5. The Bertz CT molecular complexity index is 1800. The Kier molecular flexibility index (Phi) is 16.2. The van der Waals surface area contributed by atoms with Gasteiger partial charge in [-0.05, 0) is 25.7 Å². The van der Waals surface area contributed by atoms with Crippen molar-refractivity contribution in [1.29, 1.82) is 0 Å². The van der Waals surface area contributed by atoms with Crippen LogP contribution in [0.2, 0.25) is 0 Å². The number of carbonyl (C=O) groups excluding carboxylic acids is 1. The number of ketones is 1. The predicted octanol–water partition coefficient (Wildman–Crippen LogP) is 9.09. The number of aromatic nitrogens is 2. The van der Waals surface area contributed by atoms with Gasteiger partial charge in [0.1, 0.15) is 0 Å². The van der Waals surface area contributed by atoms with Crippen molar-refractivity contribution < 1.29 is 30.0 Å². The second-order valence-electron chi connectivity index (χ2n) is 13.6. The fourth-order valence-corrected chi connectivity index (χ4v) is 15.5. The summed E-state index contributed by atoms with van der Waals surface area (Å²) < 4.78 is 4.27. The zero-order valence-electron chi connectivity index (χ0n) is 30.8. The molecule has 1 heterocycles.